The van der Waals surface area contributed by atoms with Gasteiger partial charge in [-0.15, -0.1) is 0 Å². The zero-order chi connectivity index (χ0) is 21.6. The first-order valence-electron chi connectivity index (χ1n) is 8.52. The van der Waals surface area contributed by atoms with Crippen molar-refractivity contribution in [3.8, 4) is 17.2 Å². The summed E-state index contributed by atoms with van der Waals surface area (Å²) in [6.07, 6.45) is -4.80. The third-order valence-electron chi connectivity index (χ3n) is 4.45. The number of nitrogens with two attached hydrogens (primary N) is 1. The maximum absolute atomic E-state index is 13.7. The molecule has 1 aliphatic heterocycles. The molecule has 0 saturated carbocycles. The average Bonchev–Trinajstić information content (AvgIpc) is 2.96. The lowest BCUT2D eigenvalue weighted by molar-refractivity contribution is -0.138. The van der Waals surface area contributed by atoms with Crippen LogP contribution in [0.15, 0.2) is 59.4 Å². The third-order valence-corrected chi connectivity index (χ3v) is 4.45. The van der Waals surface area contributed by atoms with Gasteiger partial charge in [-0.05, 0) is 30.3 Å². The molecule has 1 aromatic heterocycles. The van der Waals surface area contributed by atoms with Crippen LogP contribution in [-0.4, -0.2) is 16.4 Å². The van der Waals surface area contributed by atoms with E-state index < -0.39 is 40.7 Å². The SMILES string of the molecule is Nc1c2c(cc(=O)n1-c1ccc(Oc3ccccc3)c(C(F)(F)F)c1)C(=O)NC2=O. The van der Waals surface area contributed by atoms with Gasteiger partial charge in [0.05, 0.1) is 16.8 Å². The molecule has 1 aliphatic rings. The molecule has 0 spiro atoms. The lowest BCUT2D eigenvalue weighted by Gasteiger charge is -2.17. The molecule has 3 aromatic rings. The van der Waals surface area contributed by atoms with Crippen LogP contribution in [0.3, 0.4) is 0 Å². The molecule has 30 heavy (non-hydrogen) atoms. The molecule has 0 saturated heterocycles. The fourth-order valence-corrected chi connectivity index (χ4v) is 3.13. The van der Waals surface area contributed by atoms with Crippen LogP contribution < -0.4 is 21.3 Å². The van der Waals surface area contributed by atoms with Gasteiger partial charge in [-0.3, -0.25) is 24.3 Å². The Morgan fingerprint density at radius 2 is 1.63 bits per heavy atom. The molecule has 152 valence electrons. The standard InChI is InChI=1S/C20H12F3N3O4/c21-20(22,23)13-8-10(6-7-14(13)30-11-4-2-1-3-5-11)26-15(27)9-12-16(17(26)24)19(29)25-18(12)28/h1-9H,24H2,(H,25,28,29). The normalized spacial score (nSPS) is 13.2. The zero-order valence-electron chi connectivity index (χ0n) is 15.0. The number of hydrogen-bond donors (Lipinski definition) is 2. The number of rotatable bonds is 3. The highest BCUT2D eigenvalue weighted by Gasteiger charge is 2.36. The number of halogens is 3. The number of hydrogen-bond acceptors (Lipinski definition) is 5. The quantitative estimate of drug-likeness (QED) is 0.640. The lowest BCUT2D eigenvalue weighted by atomic mass is 10.1. The summed E-state index contributed by atoms with van der Waals surface area (Å²) in [7, 11) is 0. The molecule has 2 amide bonds. The van der Waals surface area contributed by atoms with Gasteiger partial charge < -0.3 is 10.5 Å². The minimum Gasteiger partial charge on any atom is -0.457 e. The van der Waals surface area contributed by atoms with Crippen LogP contribution in [0, 0.1) is 0 Å². The molecule has 10 heteroatoms. The molecule has 0 unspecified atom stereocenters. The maximum Gasteiger partial charge on any atom is 0.420 e. The Morgan fingerprint density at radius 3 is 2.30 bits per heavy atom. The van der Waals surface area contributed by atoms with Gasteiger partial charge in [-0.1, -0.05) is 18.2 Å². The van der Waals surface area contributed by atoms with Gasteiger partial charge in [0.2, 0.25) is 0 Å². The summed E-state index contributed by atoms with van der Waals surface area (Å²) >= 11 is 0. The second kappa shape index (κ2) is 6.76. The van der Waals surface area contributed by atoms with E-state index in [2.05, 4.69) is 0 Å². The van der Waals surface area contributed by atoms with Gasteiger partial charge in [-0.25, -0.2) is 0 Å². The highest BCUT2D eigenvalue weighted by molar-refractivity contribution is 6.23. The number of ether oxygens (including phenoxy) is 1. The predicted octanol–water partition coefficient (Wildman–Crippen LogP) is 3.11. The molecule has 7 nitrogen and oxygen atoms in total. The van der Waals surface area contributed by atoms with E-state index in [4.69, 9.17) is 10.5 Å². The molecule has 2 aromatic carbocycles. The van der Waals surface area contributed by atoms with Crippen molar-refractivity contribution < 1.29 is 27.5 Å². The molecule has 0 radical (unpaired) electrons. The third kappa shape index (κ3) is 3.17. The minimum absolute atomic E-state index is 0.195. The Morgan fingerprint density at radius 1 is 0.933 bits per heavy atom. The number of alkyl halides is 3. The smallest absolute Gasteiger partial charge is 0.420 e. The van der Waals surface area contributed by atoms with Crippen molar-refractivity contribution in [3.63, 3.8) is 0 Å². The van der Waals surface area contributed by atoms with Crippen LogP contribution in [-0.2, 0) is 6.18 Å². The maximum atomic E-state index is 13.7. The van der Waals surface area contributed by atoms with Gasteiger partial charge >= 0.3 is 6.18 Å². The van der Waals surface area contributed by atoms with Gasteiger partial charge in [0.1, 0.15) is 22.9 Å². The summed E-state index contributed by atoms with van der Waals surface area (Å²) in [4.78, 5) is 36.1. The second-order valence-electron chi connectivity index (χ2n) is 6.37. The van der Waals surface area contributed by atoms with Crippen molar-refractivity contribution in [2.24, 2.45) is 0 Å². The minimum atomic E-state index is -4.80. The van der Waals surface area contributed by atoms with Crippen LogP contribution in [0.1, 0.15) is 26.3 Å². The highest BCUT2D eigenvalue weighted by atomic mass is 19.4. The fraction of sp³-hybridized carbons (Fsp3) is 0.0500. The number of nitrogens with one attached hydrogen (secondary N) is 1. The van der Waals surface area contributed by atoms with Gasteiger partial charge in [0, 0.05) is 6.07 Å². The van der Waals surface area contributed by atoms with Crippen molar-refractivity contribution >= 4 is 17.6 Å². The molecule has 0 atom stereocenters. The molecule has 0 aliphatic carbocycles. The number of benzene rings is 2. The van der Waals surface area contributed by atoms with Crippen LogP contribution in [0.5, 0.6) is 11.5 Å². The van der Waals surface area contributed by atoms with Crippen molar-refractivity contribution in [1.82, 2.24) is 9.88 Å². The first kappa shape index (κ1) is 19.2. The van der Waals surface area contributed by atoms with Gasteiger partial charge in [0.15, 0.2) is 0 Å². The molecule has 0 fully saturated rings. The lowest BCUT2D eigenvalue weighted by Crippen LogP contribution is -2.24. The average molecular weight is 415 g/mol. The summed E-state index contributed by atoms with van der Waals surface area (Å²) in [6.45, 7) is 0. The summed E-state index contributed by atoms with van der Waals surface area (Å²) in [5, 5.41) is 1.99. The van der Waals surface area contributed by atoms with E-state index in [1.807, 2.05) is 5.32 Å². The van der Waals surface area contributed by atoms with Crippen LogP contribution in [0.4, 0.5) is 19.0 Å². The topological polar surface area (TPSA) is 103 Å². The van der Waals surface area contributed by atoms with Crippen molar-refractivity contribution in [2.75, 3.05) is 5.73 Å². The largest absolute Gasteiger partial charge is 0.457 e. The Hall–Kier alpha value is -4.08. The molecular weight excluding hydrogens is 403 g/mol. The van der Waals surface area contributed by atoms with E-state index in [9.17, 15) is 27.6 Å². The van der Waals surface area contributed by atoms with Crippen LogP contribution in [0.25, 0.3) is 5.69 Å². The summed E-state index contributed by atoms with van der Waals surface area (Å²) in [6, 6.07) is 11.7. The second-order valence-corrected chi connectivity index (χ2v) is 6.37. The number of para-hydroxylation sites is 1. The van der Waals surface area contributed by atoms with E-state index in [0.717, 1.165) is 16.7 Å². The molecule has 4 rings (SSSR count). The Kier molecular flexibility index (Phi) is 4.34. The Bertz CT molecular complexity index is 1250. The fourth-order valence-electron chi connectivity index (χ4n) is 3.13. The number of anilines is 1. The van der Waals surface area contributed by atoms with Gasteiger partial charge in [-0.2, -0.15) is 13.2 Å². The Balaban J connectivity index is 1.88. The zero-order valence-corrected chi connectivity index (χ0v) is 15.0. The van der Waals surface area contributed by atoms with Crippen molar-refractivity contribution in [3.05, 3.63) is 81.6 Å². The number of pyridine rings is 1. The number of fused-ring (bicyclic) bond motifs is 1. The van der Waals surface area contributed by atoms with Crippen molar-refractivity contribution in [1.29, 1.82) is 0 Å². The molecule has 0 bridgehead atoms. The molecular formula is C20H12F3N3O4. The number of aromatic nitrogens is 1. The summed E-state index contributed by atoms with van der Waals surface area (Å²) in [5.41, 5.74) is 3.15. The first-order valence-corrected chi connectivity index (χ1v) is 8.52. The van der Waals surface area contributed by atoms with E-state index in [0.29, 0.717) is 6.07 Å². The highest BCUT2D eigenvalue weighted by Crippen LogP contribution is 2.39. The van der Waals surface area contributed by atoms with E-state index in [-0.39, 0.29) is 22.6 Å². The number of nitrogens with zero attached hydrogens (tertiary/aromatic N) is 1. The molecule has 2 heterocycles. The molecule has 3 N–H and O–H groups in total. The number of imide groups is 1. The number of amides is 2. The number of nitrogen functional groups attached to an aromatic ring is 1. The summed E-state index contributed by atoms with van der Waals surface area (Å²) < 4.78 is 47.1. The summed E-state index contributed by atoms with van der Waals surface area (Å²) in [5.74, 6) is -2.35. The van der Waals surface area contributed by atoms with E-state index in [1.165, 1.54) is 18.2 Å². The predicted molar refractivity (Wildman–Crippen MR) is 99.8 cm³/mol. The first-order chi connectivity index (χ1) is 14.2. The number of carbonyl (C=O) groups is 2. The monoisotopic (exact) mass is 415 g/mol. The van der Waals surface area contributed by atoms with Crippen LogP contribution >= 0.6 is 0 Å². The van der Waals surface area contributed by atoms with E-state index >= 15 is 0 Å². The van der Waals surface area contributed by atoms with Crippen molar-refractivity contribution in [2.45, 2.75) is 6.18 Å². The van der Waals surface area contributed by atoms with Crippen LogP contribution in [0.2, 0.25) is 0 Å². The van der Waals surface area contributed by atoms with E-state index in [1.54, 1.807) is 18.2 Å². The Labute approximate surface area is 166 Å². The number of carbonyl (C=O) groups excluding carboxylic acids is 2. The van der Waals surface area contributed by atoms with Gasteiger partial charge in [0.25, 0.3) is 17.4 Å².